The average molecular weight is 303 g/mol. The summed E-state index contributed by atoms with van der Waals surface area (Å²) < 4.78 is 10.7. The lowest BCUT2D eigenvalue weighted by molar-refractivity contribution is -0.113. The molecule has 0 aromatic heterocycles. The number of rotatable bonds is 4. The topological polar surface area (TPSA) is 35.5 Å². The standard InChI is InChI=1S/C17H15ClO3/c1-11-3-2-4-13(7-11)14(17(18)19)8-12-5-6-15-16(9-12)21-10-20-15/h2-7,9,14H,8,10H2,1H3. The van der Waals surface area contributed by atoms with Gasteiger partial charge in [0.1, 0.15) is 0 Å². The molecule has 2 aromatic carbocycles. The van der Waals surface area contributed by atoms with Gasteiger partial charge in [-0.1, -0.05) is 35.9 Å². The van der Waals surface area contributed by atoms with Crippen LogP contribution < -0.4 is 9.47 Å². The second-order valence-electron chi connectivity index (χ2n) is 5.16. The number of benzene rings is 2. The quantitative estimate of drug-likeness (QED) is 0.806. The van der Waals surface area contributed by atoms with Crippen LogP contribution in [0.15, 0.2) is 42.5 Å². The zero-order valence-electron chi connectivity index (χ0n) is 11.6. The van der Waals surface area contributed by atoms with Gasteiger partial charge in [-0.15, -0.1) is 0 Å². The SMILES string of the molecule is Cc1cccc(C(Cc2ccc3c(c2)OCO3)C(=O)Cl)c1. The van der Waals surface area contributed by atoms with Crippen LogP contribution in [0.3, 0.4) is 0 Å². The van der Waals surface area contributed by atoms with E-state index in [-0.39, 0.29) is 18.0 Å². The van der Waals surface area contributed by atoms with Crippen molar-refractivity contribution >= 4 is 16.8 Å². The van der Waals surface area contributed by atoms with Gasteiger partial charge in [0.05, 0.1) is 5.92 Å². The smallest absolute Gasteiger partial charge is 0.231 e. The van der Waals surface area contributed by atoms with Crippen LogP contribution in [0.4, 0.5) is 0 Å². The number of aryl methyl sites for hydroxylation is 1. The van der Waals surface area contributed by atoms with Crippen LogP contribution in [0, 0.1) is 6.92 Å². The molecule has 0 N–H and O–H groups in total. The zero-order valence-corrected chi connectivity index (χ0v) is 12.4. The summed E-state index contributed by atoms with van der Waals surface area (Å²) in [6.07, 6.45) is 0.544. The van der Waals surface area contributed by atoms with Crippen molar-refractivity contribution in [1.29, 1.82) is 0 Å². The molecule has 108 valence electrons. The average Bonchev–Trinajstić information content (AvgIpc) is 2.92. The summed E-state index contributed by atoms with van der Waals surface area (Å²) in [6.45, 7) is 2.24. The molecule has 0 saturated heterocycles. The molecule has 0 spiro atoms. The maximum Gasteiger partial charge on any atom is 0.231 e. The van der Waals surface area contributed by atoms with Gasteiger partial charge in [-0.2, -0.15) is 0 Å². The predicted octanol–water partition coefficient (Wildman–Crippen LogP) is 3.82. The van der Waals surface area contributed by atoms with E-state index in [1.165, 1.54) is 0 Å². The fourth-order valence-electron chi connectivity index (χ4n) is 2.52. The maximum absolute atomic E-state index is 11.8. The first-order valence-corrected chi connectivity index (χ1v) is 7.16. The number of hydrogen-bond acceptors (Lipinski definition) is 3. The van der Waals surface area contributed by atoms with Gasteiger partial charge in [-0.05, 0) is 48.2 Å². The minimum absolute atomic E-state index is 0.245. The molecule has 1 atom stereocenters. The van der Waals surface area contributed by atoms with Crippen molar-refractivity contribution in [3.8, 4) is 11.5 Å². The predicted molar refractivity (Wildman–Crippen MR) is 81.0 cm³/mol. The summed E-state index contributed by atoms with van der Waals surface area (Å²) in [7, 11) is 0. The van der Waals surface area contributed by atoms with Gasteiger partial charge in [0.2, 0.25) is 12.0 Å². The minimum Gasteiger partial charge on any atom is -0.454 e. The summed E-state index contributed by atoms with van der Waals surface area (Å²) in [5.41, 5.74) is 3.05. The molecule has 0 aliphatic carbocycles. The minimum atomic E-state index is -0.355. The highest BCUT2D eigenvalue weighted by Gasteiger charge is 2.21. The Labute approximate surface area is 128 Å². The maximum atomic E-state index is 11.8. The van der Waals surface area contributed by atoms with Gasteiger partial charge in [0.15, 0.2) is 11.5 Å². The van der Waals surface area contributed by atoms with E-state index < -0.39 is 0 Å². The lowest BCUT2D eigenvalue weighted by Crippen LogP contribution is -2.10. The first kappa shape index (κ1) is 14.0. The van der Waals surface area contributed by atoms with Crippen molar-refractivity contribution in [2.24, 2.45) is 0 Å². The molecule has 0 amide bonds. The van der Waals surface area contributed by atoms with Gasteiger partial charge in [-0.25, -0.2) is 0 Å². The molecule has 0 saturated carbocycles. The van der Waals surface area contributed by atoms with Crippen LogP contribution in [0.2, 0.25) is 0 Å². The monoisotopic (exact) mass is 302 g/mol. The second kappa shape index (κ2) is 5.78. The summed E-state index contributed by atoms with van der Waals surface area (Å²) in [5, 5.41) is -0.349. The highest BCUT2D eigenvalue weighted by Crippen LogP contribution is 2.34. The summed E-state index contributed by atoms with van der Waals surface area (Å²) in [5.74, 6) is 1.10. The Kier molecular flexibility index (Phi) is 3.84. The molecule has 0 radical (unpaired) electrons. The third-order valence-corrected chi connectivity index (χ3v) is 3.86. The van der Waals surface area contributed by atoms with Crippen molar-refractivity contribution in [3.05, 3.63) is 59.2 Å². The van der Waals surface area contributed by atoms with E-state index in [4.69, 9.17) is 21.1 Å². The third-order valence-electron chi connectivity index (χ3n) is 3.60. The Hall–Kier alpha value is -2.00. The van der Waals surface area contributed by atoms with Crippen LogP contribution in [-0.2, 0) is 11.2 Å². The Morgan fingerprint density at radius 3 is 2.76 bits per heavy atom. The van der Waals surface area contributed by atoms with E-state index in [2.05, 4.69) is 0 Å². The molecular weight excluding hydrogens is 288 g/mol. The van der Waals surface area contributed by atoms with E-state index >= 15 is 0 Å². The van der Waals surface area contributed by atoms with E-state index in [0.29, 0.717) is 6.42 Å². The lowest BCUT2D eigenvalue weighted by atomic mass is 9.92. The summed E-state index contributed by atoms with van der Waals surface area (Å²) in [6, 6.07) is 13.6. The molecule has 2 aromatic rings. The van der Waals surface area contributed by atoms with E-state index in [0.717, 1.165) is 28.2 Å². The molecular formula is C17H15ClO3. The van der Waals surface area contributed by atoms with Crippen LogP contribution in [-0.4, -0.2) is 12.0 Å². The van der Waals surface area contributed by atoms with Crippen molar-refractivity contribution in [1.82, 2.24) is 0 Å². The molecule has 4 heteroatoms. The van der Waals surface area contributed by atoms with Gasteiger partial charge >= 0.3 is 0 Å². The Balaban J connectivity index is 1.87. The fraction of sp³-hybridized carbons (Fsp3) is 0.235. The van der Waals surface area contributed by atoms with Crippen LogP contribution in [0.1, 0.15) is 22.6 Å². The van der Waals surface area contributed by atoms with E-state index in [1.807, 2.05) is 49.4 Å². The first-order valence-electron chi connectivity index (χ1n) is 6.78. The molecule has 21 heavy (non-hydrogen) atoms. The number of fused-ring (bicyclic) bond motifs is 1. The van der Waals surface area contributed by atoms with Crippen molar-refractivity contribution in [2.45, 2.75) is 19.3 Å². The van der Waals surface area contributed by atoms with Crippen LogP contribution in [0.5, 0.6) is 11.5 Å². The number of hydrogen-bond donors (Lipinski definition) is 0. The van der Waals surface area contributed by atoms with Crippen molar-refractivity contribution in [3.63, 3.8) is 0 Å². The Bertz CT molecular complexity index is 681. The van der Waals surface area contributed by atoms with Crippen molar-refractivity contribution in [2.75, 3.05) is 6.79 Å². The molecule has 3 rings (SSSR count). The second-order valence-corrected chi connectivity index (χ2v) is 5.54. The van der Waals surface area contributed by atoms with E-state index in [9.17, 15) is 4.79 Å². The van der Waals surface area contributed by atoms with Gasteiger partial charge in [0.25, 0.3) is 0 Å². The lowest BCUT2D eigenvalue weighted by Gasteiger charge is -2.14. The van der Waals surface area contributed by atoms with Crippen LogP contribution in [0.25, 0.3) is 0 Å². The number of carbonyl (C=O) groups is 1. The Morgan fingerprint density at radius 2 is 2.00 bits per heavy atom. The molecule has 1 aliphatic heterocycles. The molecule has 1 unspecified atom stereocenters. The molecule has 0 fully saturated rings. The van der Waals surface area contributed by atoms with Gasteiger partial charge in [0, 0.05) is 0 Å². The number of carbonyl (C=O) groups excluding carboxylic acids is 1. The van der Waals surface area contributed by atoms with Crippen LogP contribution >= 0.6 is 11.6 Å². The molecule has 3 nitrogen and oxygen atoms in total. The molecule has 1 heterocycles. The summed E-state index contributed by atoms with van der Waals surface area (Å²) >= 11 is 5.80. The number of ether oxygens (including phenoxy) is 2. The highest BCUT2D eigenvalue weighted by atomic mass is 35.5. The number of halogens is 1. The third kappa shape index (κ3) is 3.03. The highest BCUT2D eigenvalue weighted by molar-refractivity contribution is 6.64. The van der Waals surface area contributed by atoms with E-state index in [1.54, 1.807) is 0 Å². The first-order chi connectivity index (χ1) is 10.1. The molecule has 0 bridgehead atoms. The largest absolute Gasteiger partial charge is 0.454 e. The van der Waals surface area contributed by atoms with Gasteiger partial charge in [-0.3, -0.25) is 4.79 Å². The zero-order chi connectivity index (χ0) is 14.8. The Morgan fingerprint density at radius 1 is 1.19 bits per heavy atom. The van der Waals surface area contributed by atoms with Crippen molar-refractivity contribution < 1.29 is 14.3 Å². The van der Waals surface area contributed by atoms with Gasteiger partial charge < -0.3 is 9.47 Å². The molecule has 1 aliphatic rings. The fourth-order valence-corrected chi connectivity index (χ4v) is 2.72. The summed E-state index contributed by atoms with van der Waals surface area (Å²) in [4.78, 5) is 11.8. The normalized spacial score (nSPS) is 14.0.